The largest absolute Gasteiger partial charge is 0.573 e. The van der Waals surface area contributed by atoms with Gasteiger partial charge in [-0.2, -0.15) is 0 Å². The molecule has 1 aliphatic rings. The molecule has 3 rings (SSSR count). The molecule has 0 aliphatic carbocycles. The molecule has 0 unspecified atom stereocenters. The van der Waals surface area contributed by atoms with Crippen LogP contribution in [0, 0.1) is 0 Å². The first-order valence-electron chi connectivity index (χ1n) is 6.15. The maximum Gasteiger partial charge on any atom is 0.573 e. The van der Waals surface area contributed by atoms with Crippen molar-refractivity contribution < 1.29 is 17.9 Å². The quantitative estimate of drug-likeness (QED) is 0.920. The van der Waals surface area contributed by atoms with Gasteiger partial charge in [0.15, 0.2) is 5.75 Å². The van der Waals surface area contributed by atoms with Gasteiger partial charge in [0.1, 0.15) is 0 Å². The third-order valence-electron chi connectivity index (χ3n) is 3.13. The van der Waals surface area contributed by atoms with Crippen molar-refractivity contribution in [2.75, 3.05) is 6.54 Å². The SMILES string of the molecule is FC(F)(F)Oc1ccccc1-n1cnc2c1CCNC2. The molecule has 0 amide bonds. The van der Waals surface area contributed by atoms with E-state index in [9.17, 15) is 13.2 Å². The number of para-hydroxylation sites is 2. The van der Waals surface area contributed by atoms with Gasteiger partial charge in [-0.15, -0.1) is 13.2 Å². The molecule has 0 saturated heterocycles. The van der Waals surface area contributed by atoms with E-state index in [0.29, 0.717) is 12.2 Å². The molecule has 2 heterocycles. The Morgan fingerprint density at radius 2 is 2.05 bits per heavy atom. The van der Waals surface area contributed by atoms with E-state index in [-0.39, 0.29) is 5.75 Å². The Balaban J connectivity index is 2.04. The third-order valence-corrected chi connectivity index (χ3v) is 3.13. The van der Waals surface area contributed by atoms with Gasteiger partial charge < -0.3 is 10.1 Å². The molecule has 1 aromatic heterocycles. The van der Waals surface area contributed by atoms with Crippen molar-refractivity contribution >= 4 is 0 Å². The molecule has 1 aliphatic heterocycles. The summed E-state index contributed by atoms with van der Waals surface area (Å²) in [7, 11) is 0. The molecule has 0 radical (unpaired) electrons. The van der Waals surface area contributed by atoms with Crippen LogP contribution in [0.4, 0.5) is 13.2 Å². The van der Waals surface area contributed by atoms with Crippen molar-refractivity contribution in [2.24, 2.45) is 0 Å². The van der Waals surface area contributed by atoms with Crippen molar-refractivity contribution in [1.82, 2.24) is 14.9 Å². The monoisotopic (exact) mass is 283 g/mol. The maximum atomic E-state index is 12.4. The van der Waals surface area contributed by atoms with Crippen LogP contribution >= 0.6 is 0 Å². The van der Waals surface area contributed by atoms with Crippen molar-refractivity contribution in [2.45, 2.75) is 19.3 Å². The highest BCUT2D eigenvalue weighted by Gasteiger charge is 2.32. The highest BCUT2D eigenvalue weighted by molar-refractivity contribution is 5.48. The van der Waals surface area contributed by atoms with Gasteiger partial charge in [0, 0.05) is 25.2 Å². The van der Waals surface area contributed by atoms with Gasteiger partial charge in [0.25, 0.3) is 0 Å². The number of fused-ring (bicyclic) bond motifs is 1. The molecule has 7 heteroatoms. The zero-order chi connectivity index (χ0) is 14.2. The number of nitrogens with one attached hydrogen (secondary N) is 1. The summed E-state index contributed by atoms with van der Waals surface area (Å²) in [6.45, 7) is 1.41. The molecular formula is C13H12F3N3O. The minimum absolute atomic E-state index is 0.223. The fourth-order valence-corrected chi connectivity index (χ4v) is 2.31. The predicted molar refractivity (Wildman–Crippen MR) is 65.7 cm³/mol. The lowest BCUT2D eigenvalue weighted by atomic mass is 10.1. The van der Waals surface area contributed by atoms with Crippen molar-refractivity contribution in [1.29, 1.82) is 0 Å². The highest BCUT2D eigenvalue weighted by atomic mass is 19.4. The number of halogens is 3. The number of alkyl halides is 3. The van der Waals surface area contributed by atoms with E-state index in [1.54, 1.807) is 16.7 Å². The van der Waals surface area contributed by atoms with Gasteiger partial charge in [0.2, 0.25) is 0 Å². The number of ether oxygens (including phenoxy) is 1. The van der Waals surface area contributed by atoms with Gasteiger partial charge in [-0.05, 0) is 12.1 Å². The molecule has 0 saturated carbocycles. The summed E-state index contributed by atoms with van der Waals surface area (Å²) in [6, 6.07) is 6.07. The second kappa shape index (κ2) is 4.82. The average molecular weight is 283 g/mol. The van der Waals surface area contributed by atoms with Crippen molar-refractivity contribution in [3.05, 3.63) is 42.0 Å². The lowest BCUT2D eigenvalue weighted by Gasteiger charge is -2.18. The molecule has 0 atom stereocenters. The highest BCUT2D eigenvalue weighted by Crippen LogP contribution is 2.30. The Morgan fingerprint density at radius 3 is 2.85 bits per heavy atom. The Bertz CT molecular complexity index is 622. The number of nitrogens with zero attached hydrogens (tertiary/aromatic N) is 2. The Labute approximate surface area is 113 Å². The van der Waals surface area contributed by atoms with E-state index in [1.165, 1.54) is 18.5 Å². The second-order valence-electron chi connectivity index (χ2n) is 4.45. The maximum absolute atomic E-state index is 12.4. The Kier molecular flexibility index (Phi) is 3.13. The molecule has 0 bridgehead atoms. The first-order valence-corrected chi connectivity index (χ1v) is 6.15. The molecule has 1 N–H and O–H groups in total. The van der Waals surface area contributed by atoms with Crippen LogP contribution in [0.25, 0.3) is 5.69 Å². The molecule has 0 fully saturated rings. The van der Waals surface area contributed by atoms with Crippen LogP contribution in [0.1, 0.15) is 11.4 Å². The van der Waals surface area contributed by atoms with Crippen LogP contribution in [-0.2, 0) is 13.0 Å². The van der Waals surface area contributed by atoms with E-state index < -0.39 is 6.36 Å². The van der Waals surface area contributed by atoms with Crippen LogP contribution in [0.2, 0.25) is 0 Å². The molecule has 2 aromatic rings. The number of benzene rings is 1. The number of hydrogen-bond acceptors (Lipinski definition) is 3. The third kappa shape index (κ3) is 2.49. The topological polar surface area (TPSA) is 39.1 Å². The Hall–Kier alpha value is -2.02. The molecule has 4 nitrogen and oxygen atoms in total. The zero-order valence-corrected chi connectivity index (χ0v) is 10.4. The molecule has 1 aromatic carbocycles. The molecule has 0 spiro atoms. The number of aromatic nitrogens is 2. The number of rotatable bonds is 2. The van der Waals surface area contributed by atoms with E-state index in [4.69, 9.17) is 0 Å². The van der Waals surface area contributed by atoms with E-state index in [2.05, 4.69) is 15.0 Å². The summed E-state index contributed by atoms with van der Waals surface area (Å²) in [5, 5.41) is 3.17. The van der Waals surface area contributed by atoms with E-state index in [1.807, 2.05) is 0 Å². The minimum atomic E-state index is -4.71. The summed E-state index contributed by atoms with van der Waals surface area (Å²) in [6.07, 6.45) is -2.45. The van der Waals surface area contributed by atoms with Crippen LogP contribution in [0.15, 0.2) is 30.6 Å². The normalized spacial score (nSPS) is 14.9. The van der Waals surface area contributed by atoms with Crippen molar-refractivity contribution in [3.63, 3.8) is 0 Å². The first-order chi connectivity index (χ1) is 9.54. The van der Waals surface area contributed by atoms with Crippen molar-refractivity contribution in [3.8, 4) is 11.4 Å². The minimum Gasteiger partial charge on any atom is -0.404 e. The van der Waals surface area contributed by atoms with Gasteiger partial charge >= 0.3 is 6.36 Å². The van der Waals surface area contributed by atoms with Crippen LogP contribution in [0.3, 0.4) is 0 Å². The standard InChI is InChI=1S/C13H12F3N3O/c14-13(15,16)20-12-4-2-1-3-11(12)19-8-18-9-7-17-6-5-10(9)19/h1-4,8,17H,5-7H2. The smallest absolute Gasteiger partial charge is 0.404 e. The lowest BCUT2D eigenvalue weighted by Crippen LogP contribution is -2.25. The summed E-state index contributed by atoms with van der Waals surface area (Å²) in [5.41, 5.74) is 2.13. The van der Waals surface area contributed by atoms with E-state index in [0.717, 1.165) is 24.4 Å². The van der Waals surface area contributed by atoms with Crippen LogP contribution in [0.5, 0.6) is 5.75 Å². The first kappa shape index (κ1) is 13.0. The summed E-state index contributed by atoms with van der Waals surface area (Å²) in [5.74, 6) is -0.223. The number of imidazole rings is 1. The Morgan fingerprint density at radius 1 is 1.25 bits per heavy atom. The van der Waals surface area contributed by atoms with E-state index >= 15 is 0 Å². The zero-order valence-electron chi connectivity index (χ0n) is 10.4. The van der Waals surface area contributed by atoms with Gasteiger partial charge in [-0.25, -0.2) is 4.98 Å². The summed E-state index contributed by atoms with van der Waals surface area (Å²) >= 11 is 0. The van der Waals surface area contributed by atoms with Gasteiger partial charge in [-0.1, -0.05) is 12.1 Å². The van der Waals surface area contributed by atoms with Gasteiger partial charge in [0.05, 0.1) is 17.7 Å². The predicted octanol–water partition coefficient (Wildman–Crippen LogP) is 2.42. The van der Waals surface area contributed by atoms with Crippen LogP contribution in [-0.4, -0.2) is 22.5 Å². The van der Waals surface area contributed by atoms with Crippen LogP contribution < -0.4 is 10.1 Å². The molecular weight excluding hydrogens is 271 g/mol. The van der Waals surface area contributed by atoms with Gasteiger partial charge in [-0.3, -0.25) is 4.57 Å². The summed E-state index contributed by atoms with van der Waals surface area (Å²) in [4.78, 5) is 4.23. The molecule has 20 heavy (non-hydrogen) atoms. The summed E-state index contributed by atoms with van der Waals surface area (Å²) < 4.78 is 43.1. The lowest BCUT2D eigenvalue weighted by molar-refractivity contribution is -0.274. The average Bonchev–Trinajstić information content (AvgIpc) is 2.81. The number of hydrogen-bond donors (Lipinski definition) is 1. The fraction of sp³-hybridized carbons (Fsp3) is 0.308. The fourth-order valence-electron chi connectivity index (χ4n) is 2.31. The second-order valence-corrected chi connectivity index (χ2v) is 4.45. The molecule has 106 valence electrons.